The summed E-state index contributed by atoms with van der Waals surface area (Å²) in [5.41, 5.74) is 1.24. The molecular weight excluding hydrogens is 250 g/mol. The van der Waals surface area contributed by atoms with Crippen molar-refractivity contribution in [2.24, 2.45) is 0 Å². The predicted octanol–water partition coefficient (Wildman–Crippen LogP) is 3.33. The van der Waals surface area contributed by atoms with Gasteiger partial charge in [-0.3, -0.25) is 0 Å². The summed E-state index contributed by atoms with van der Waals surface area (Å²) in [6.45, 7) is 4.75. The quantitative estimate of drug-likeness (QED) is 0.687. The number of aromatic nitrogens is 3. The second-order valence-corrected chi connectivity index (χ2v) is 4.88. The van der Waals surface area contributed by atoms with E-state index in [9.17, 15) is 0 Å². The molecule has 0 aliphatic heterocycles. The molecule has 0 spiro atoms. The van der Waals surface area contributed by atoms with Gasteiger partial charge in [0.15, 0.2) is 0 Å². The van der Waals surface area contributed by atoms with E-state index < -0.39 is 0 Å². The van der Waals surface area contributed by atoms with Gasteiger partial charge in [0.2, 0.25) is 0 Å². The van der Waals surface area contributed by atoms with Crippen LogP contribution in [0.5, 0.6) is 5.75 Å². The molecule has 2 heterocycles. The van der Waals surface area contributed by atoms with Crippen LogP contribution in [0.25, 0.3) is 10.9 Å². The van der Waals surface area contributed by atoms with Gasteiger partial charge in [-0.05, 0) is 30.7 Å². The topological polar surface area (TPSA) is 32.0 Å². The van der Waals surface area contributed by atoms with Crippen LogP contribution in [-0.4, -0.2) is 20.7 Å². The molecule has 0 amide bonds. The van der Waals surface area contributed by atoms with E-state index in [1.165, 1.54) is 10.9 Å². The minimum Gasteiger partial charge on any atom is -0.494 e. The molecule has 0 N–H and O–H groups in total. The molecule has 4 heteroatoms. The average Bonchev–Trinajstić information content (AvgIpc) is 3.12. The molecule has 0 aliphatic carbocycles. The Bertz CT molecular complexity index is 670. The first kappa shape index (κ1) is 12.8. The van der Waals surface area contributed by atoms with E-state index in [2.05, 4.69) is 45.4 Å². The Labute approximate surface area is 118 Å². The zero-order valence-corrected chi connectivity index (χ0v) is 11.7. The summed E-state index contributed by atoms with van der Waals surface area (Å²) in [6, 6.07) is 8.43. The molecule has 4 nitrogen and oxygen atoms in total. The highest BCUT2D eigenvalue weighted by molar-refractivity contribution is 5.81. The van der Waals surface area contributed by atoms with E-state index in [-0.39, 0.29) is 0 Å². The summed E-state index contributed by atoms with van der Waals surface area (Å²) in [6.07, 6.45) is 8.81. The van der Waals surface area contributed by atoms with Crippen molar-refractivity contribution in [3.8, 4) is 5.75 Å². The predicted molar refractivity (Wildman–Crippen MR) is 80.0 cm³/mol. The van der Waals surface area contributed by atoms with Gasteiger partial charge in [-0.15, -0.1) is 0 Å². The van der Waals surface area contributed by atoms with Crippen LogP contribution in [0.4, 0.5) is 0 Å². The number of imidazole rings is 1. The van der Waals surface area contributed by atoms with Crippen LogP contribution in [0.1, 0.15) is 13.3 Å². The van der Waals surface area contributed by atoms with Crippen molar-refractivity contribution in [1.29, 1.82) is 0 Å². The standard InChI is InChI=1S/C16H19N3O/c1-2-11-20-15-3-4-16-14(12-15)5-7-19(16)10-9-18-8-6-17-13-18/h3-8,12-13H,2,9-11H2,1H3. The Hall–Kier alpha value is -2.23. The summed E-state index contributed by atoms with van der Waals surface area (Å²) < 4.78 is 10.0. The van der Waals surface area contributed by atoms with Gasteiger partial charge in [0.1, 0.15) is 5.75 Å². The first-order valence-corrected chi connectivity index (χ1v) is 7.04. The minimum absolute atomic E-state index is 0.771. The highest BCUT2D eigenvalue weighted by Gasteiger charge is 2.03. The van der Waals surface area contributed by atoms with E-state index in [0.717, 1.165) is 31.9 Å². The second kappa shape index (κ2) is 5.82. The molecule has 20 heavy (non-hydrogen) atoms. The highest BCUT2D eigenvalue weighted by Crippen LogP contribution is 2.22. The Morgan fingerprint density at radius 1 is 1.15 bits per heavy atom. The van der Waals surface area contributed by atoms with Crippen LogP contribution < -0.4 is 4.74 Å². The molecule has 3 rings (SSSR count). The van der Waals surface area contributed by atoms with Crippen molar-refractivity contribution in [3.63, 3.8) is 0 Å². The van der Waals surface area contributed by atoms with Crippen molar-refractivity contribution in [2.75, 3.05) is 6.61 Å². The zero-order chi connectivity index (χ0) is 13.8. The number of nitrogens with zero attached hydrogens (tertiary/aromatic N) is 3. The third-order valence-corrected chi connectivity index (χ3v) is 3.37. The molecule has 2 aromatic heterocycles. The van der Waals surface area contributed by atoms with E-state index in [4.69, 9.17) is 4.74 Å². The fourth-order valence-electron chi connectivity index (χ4n) is 2.33. The van der Waals surface area contributed by atoms with Gasteiger partial charge < -0.3 is 13.9 Å². The Balaban J connectivity index is 1.75. The molecule has 0 atom stereocenters. The van der Waals surface area contributed by atoms with Gasteiger partial charge in [-0.25, -0.2) is 4.98 Å². The normalized spacial score (nSPS) is 11.1. The molecule has 3 aromatic rings. The number of rotatable bonds is 6. The van der Waals surface area contributed by atoms with Crippen molar-refractivity contribution >= 4 is 10.9 Å². The molecule has 0 bridgehead atoms. The Morgan fingerprint density at radius 2 is 2.10 bits per heavy atom. The van der Waals surface area contributed by atoms with Crippen LogP contribution in [-0.2, 0) is 13.1 Å². The number of fused-ring (bicyclic) bond motifs is 1. The smallest absolute Gasteiger partial charge is 0.120 e. The number of ether oxygens (including phenoxy) is 1. The molecule has 0 radical (unpaired) electrons. The lowest BCUT2D eigenvalue weighted by atomic mass is 10.2. The average molecular weight is 269 g/mol. The first-order valence-electron chi connectivity index (χ1n) is 7.04. The Kier molecular flexibility index (Phi) is 3.72. The van der Waals surface area contributed by atoms with Crippen LogP contribution in [0.2, 0.25) is 0 Å². The zero-order valence-electron chi connectivity index (χ0n) is 11.7. The van der Waals surface area contributed by atoms with Gasteiger partial charge >= 0.3 is 0 Å². The fraction of sp³-hybridized carbons (Fsp3) is 0.312. The number of hydrogen-bond acceptors (Lipinski definition) is 2. The van der Waals surface area contributed by atoms with Crippen LogP contribution >= 0.6 is 0 Å². The van der Waals surface area contributed by atoms with Gasteiger partial charge in [0.05, 0.1) is 12.9 Å². The van der Waals surface area contributed by atoms with E-state index in [1.54, 1.807) is 0 Å². The number of hydrogen-bond donors (Lipinski definition) is 0. The highest BCUT2D eigenvalue weighted by atomic mass is 16.5. The maximum absolute atomic E-state index is 5.67. The summed E-state index contributed by atoms with van der Waals surface area (Å²) >= 11 is 0. The van der Waals surface area contributed by atoms with E-state index in [0.29, 0.717) is 0 Å². The summed E-state index contributed by atoms with van der Waals surface area (Å²) in [5.74, 6) is 0.951. The van der Waals surface area contributed by atoms with E-state index in [1.807, 2.05) is 24.8 Å². The largest absolute Gasteiger partial charge is 0.494 e. The molecular formula is C16H19N3O. The van der Waals surface area contributed by atoms with Crippen LogP contribution in [0, 0.1) is 0 Å². The van der Waals surface area contributed by atoms with Gasteiger partial charge in [0, 0.05) is 42.6 Å². The summed E-state index contributed by atoms with van der Waals surface area (Å²) in [7, 11) is 0. The fourth-order valence-corrected chi connectivity index (χ4v) is 2.33. The molecule has 0 fully saturated rings. The molecule has 0 aliphatic rings. The molecule has 104 valence electrons. The molecule has 0 unspecified atom stereocenters. The van der Waals surface area contributed by atoms with Crippen molar-refractivity contribution < 1.29 is 4.74 Å². The second-order valence-electron chi connectivity index (χ2n) is 4.88. The van der Waals surface area contributed by atoms with E-state index >= 15 is 0 Å². The maximum Gasteiger partial charge on any atom is 0.120 e. The van der Waals surface area contributed by atoms with Crippen LogP contribution in [0.15, 0.2) is 49.2 Å². The third kappa shape index (κ3) is 2.69. The number of aryl methyl sites for hydroxylation is 2. The maximum atomic E-state index is 5.67. The van der Waals surface area contributed by atoms with Gasteiger partial charge in [0.25, 0.3) is 0 Å². The van der Waals surface area contributed by atoms with Gasteiger partial charge in [-0.1, -0.05) is 6.92 Å². The number of benzene rings is 1. The molecule has 0 saturated heterocycles. The lowest BCUT2D eigenvalue weighted by molar-refractivity contribution is 0.318. The molecule has 0 saturated carbocycles. The molecule has 1 aromatic carbocycles. The van der Waals surface area contributed by atoms with Crippen LogP contribution in [0.3, 0.4) is 0 Å². The van der Waals surface area contributed by atoms with Crippen molar-refractivity contribution in [1.82, 2.24) is 14.1 Å². The van der Waals surface area contributed by atoms with Crippen molar-refractivity contribution in [2.45, 2.75) is 26.4 Å². The summed E-state index contributed by atoms with van der Waals surface area (Å²) in [4.78, 5) is 4.06. The Morgan fingerprint density at radius 3 is 2.90 bits per heavy atom. The SMILES string of the molecule is CCCOc1ccc2c(ccn2CCn2ccnc2)c1. The lowest BCUT2D eigenvalue weighted by Gasteiger charge is -2.08. The monoisotopic (exact) mass is 269 g/mol. The first-order chi connectivity index (χ1) is 9.86. The van der Waals surface area contributed by atoms with Crippen molar-refractivity contribution in [3.05, 3.63) is 49.2 Å². The third-order valence-electron chi connectivity index (χ3n) is 3.37. The van der Waals surface area contributed by atoms with Gasteiger partial charge in [-0.2, -0.15) is 0 Å². The summed E-state index contributed by atoms with van der Waals surface area (Å²) in [5, 5.41) is 1.23. The lowest BCUT2D eigenvalue weighted by Crippen LogP contribution is -2.04. The minimum atomic E-state index is 0.771.